The van der Waals surface area contributed by atoms with Gasteiger partial charge in [0.1, 0.15) is 0 Å². The number of ether oxygens (including phenoxy) is 2. The zero-order chi connectivity index (χ0) is 13.5. The number of hydrogen-bond donors (Lipinski definition) is 2. The van der Waals surface area contributed by atoms with E-state index in [0.29, 0.717) is 12.5 Å². The average Bonchev–Trinajstić information content (AvgIpc) is 2.49. The highest BCUT2D eigenvalue weighted by Crippen LogP contribution is 2.28. The van der Waals surface area contributed by atoms with Crippen LogP contribution in [0.3, 0.4) is 0 Å². The summed E-state index contributed by atoms with van der Waals surface area (Å²) < 4.78 is 11.1. The van der Waals surface area contributed by atoms with Gasteiger partial charge in [-0.15, -0.1) is 0 Å². The number of methoxy groups -OCH3 is 1. The van der Waals surface area contributed by atoms with E-state index in [-0.39, 0.29) is 12.5 Å². The molecule has 1 heterocycles. The summed E-state index contributed by atoms with van der Waals surface area (Å²) in [6.07, 6.45) is 2.22. The first-order valence-electron chi connectivity index (χ1n) is 6.92. The van der Waals surface area contributed by atoms with Crippen LogP contribution < -0.4 is 14.8 Å². The Kier molecular flexibility index (Phi) is 5.48. The van der Waals surface area contributed by atoms with Gasteiger partial charge < -0.3 is 19.9 Å². The number of hydrogen-bond acceptors (Lipinski definition) is 4. The van der Waals surface area contributed by atoms with Crippen LogP contribution in [0.15, 0.2) is 24.3 Å². The summed E-state index contributed by atoms with van der Waals surface area (Å²) in [4.78, 5) is 0. The number of para-hydroxylation sites is 2. The van der Waals surface area contributed by atoms with Crippen molar-refractivity contribution in [2.75, 3.05) is 33.4 Å². The van der Waals surface area contributed by atoms with Crippen molar-refractivity contribution in [2.45, 2.75) is 12.8 Å². The number of rotatable bonds is 6. The molecule has 2 rings (SSSR count). The third kappa shape index (κ3) is 3.85. The molecule has 0 aromatic heterocycles. The lowest BCUT2D eigenvalue weighted by Crippen LogP contribution is -2.35. The van der Waals surface area contributed by atoms with Crippen LogP contribution in [0, 0.1) is 11.8 Å². The molecule has 1 aromatic carbocycles. The zero-order valence-corrected chi connectivity index (χ0v) is 11.5. The molecule has 0 amide bonds. The molecule has 0 saturated carbocycles. The Bertz CT molecular complexity index is 377. The van der Waals surface area contributed by atoms with E-state index in [9.17, 15) is 5.11 Å². The lowest BCUT2D eigenvalue weighted by molar-refractivity contribution is 0.100. The van der Waals surface area contributed by atoms with Gasteiger partial charge in [0.2, 0.25) is 0 Å². The summed E-state index contributed by atoms with van der Waals surface area (Å²) in [6, 6.07) is 7.63. The minimum atomic E-state index is 0.180. The van der Waals surface area contributed by atoms with Gasteiger partial charge in [-0.3, -0.25) is 0 Å². The maximum atomic E-state index is 9.55. The Morgan fingerprint density at radius 1 is 1.26 bits per heavy atom. The van der Waals surface area contributed by atoms with E-state index in [0.717, 1.165) is 37.4 Å². The van der Waals surface area contributed by atoms with Crippen molar-refractivity contribution in [3.8, 4) is 11.5 Å². The van der Waals surface area contributed by atoms with Crippen LogP contribution in [0.2, 0.25) is 0 Å². The molecule has 4 nitrogen and oxygen atoms in total. The van der Waals surface area contributed by atoms with Crippen LogP contribution in [0.1, 0.15) is 12.8 Å². The van der Waals surface area contributed by atoms with E-state index >= 15 is 0 Å². The molecule has 106 valence electrons. The van der Waals surface area contributed by atoms with Crippen molar-refractivity contribution in [1.82, 2.24) is 5.32 Å². The minimum absolute atomic E-state index is 0.180. The summed E-state index contributed by atoms with van der Waals surface area (Å²) >= 11 is 0. The third-order valence-electron chi connectivity index (χ3n) is 3.81. The number of nitrogens with one attached hydrogen (secondary N) is 1. The highest BCUT2D eigenvalue weighted by atomic mass is 16.5. The predicted octanol–water partition coefficient (Wildman–Crippen LogP) is 1.68. The molecular weight excluding hydrogens is 242 g/mol. The molecule has 4 heteroatoms. The summed E-state index contributed by atoms with van der Waals surface area (Å²) in [5.41, 5.74) is 0. The number of piperidine rings is 1. The van der Waals surface area contributed by atoms with E-state index in [1.807, 2.05) is 24.3 Å². The highest BCUT2D eigenvalue weighted by Gasteiger charge is 2.23. The number of aliphatic hydroxyl groups excluding tert-OH is 1. The molecule has 1 aromatic rings. The molecule has 1 aliphatic rings. The topological polar surface area (TPSA) is 50.7 Å². The third-order valence-corrected chi connectivity index (χ3v) is 3.81. The second kappa shape index (κ2) is 7.36. The van der Waals surface area contributed by atoms with Gasteiger partial charge in [-0.2, -0.15) is 0 Å². The molecule has 1 fully saturated rings. The molecule has 1 aliphatic heterocycles. The zero-order valence-electron chi connectivity index (χ0n) is 11.5. The molecule has 1 unspecified atom stereocenters. The van der Waals surface area contributed by atoms with Crippen LogP contribution >= 0.6 is 0 Å². The number of aliphatic hydroxyl groups is 1. The van der Waals surface area contributed by atoms with Gasteiger partial charge in [-0.1, -0.05) is 12.1 Å². The van der Waals surface area contributed by atoms with Crippen LogP contribution in [-0.2, 0) is 0 Å². The molecule has 1 saturated heterocycles. The van der Waals surface area contributed by atoms with E-state index in [1.165, 1.54) is 0 Å². The molecule has 0 spiro atoms. The maximum absolute atomic E-state index is 9.55. The van der Waals surface area contributed by atoms with Crippen molar-refractivity contribution in [3.05, 3.63) is 24.3 Å². The Morgan fingerprint density at radius 2 is 1.95 bits per heavy atom. The van der Waals surface area contributed by atoms with Gasteiger partial charge in [0, 0.05) is 12.5 Å². The fraction of sp³-hybridized carbons (Fsp3) is 0.600. The monoisotopic (exact) mass is 265 g/mol. The fourth-order valence-corrected chi connectivity index (χ4v) is 2.59. The Balaban J connectivity index is 1.91. The van der Waals surface area contributed by atoms with Gasteiger partial charge in [0.05, 0.1) is 13.7 Å². The standard InChI is InChI=1S/C15H23NO3/c1-18-14-4-2-3-5-15(14)19-11-13(10-17)12-6-8-16-9-7-12/h2-5,12-13,16-17H,6-11H2,1H3. The lowest BCUT2D eigenvalue weighted by atomic mass is 9.86. The lowest BCUT2D eigenvalue weighted by Gasteiger charge is -2.29. The van der Waals surface area contributed by atoms with E-state index in [2.05, 4.69) is 5.32 Å². The summed E-state index contributed by atoms with van der Waals surface area (Å²) in [7, 11) is 1.64. The second-order valence-electron chi connectivity index (χ2n) is 4.99. The predicted molar refractivity (Wildman–Crippen MR) is 74.7 cm³/mol. The van der Waals surface area contributed by atoms with Crippen LogP contribution in [0.5, 0.6) is 11.5 Å². The van der Waals surface area contributed by atoms with Gasteiger partial charge in [0.25, 0.3) is 0 Å². The first-order valence-corrected chi connectivity index (χ1v) is 6.92. The normalized spacial score (nSPS) is 18.0. The second-order valence-corrected chi connectivity index (χ2v) is 4.99. The van der Waals surface area contributed by atoms with Gasteiger partial charge in [0.15, 0.2) is 11.5 Å². The maximum Gasteiger partial charge on any atom is 0.161 e. The van der Waals surface area contributed by atoms with Crippen LogP contribution in [0.25, 0.3) is 0 Å². The van der Waals surface area contributed by atoms with E-state index in [1.54, 1.807) is 7.11 Å². The molecule has 0 radical (unpaired) electrons. The van der Waals surface area contributed by atoms with Gasteiger partial charge >= 0.3 is 0 Å². The van der Waals surface area contributed by atoms with Crippen molar-refractivity contribution >= 4 is 0 Å². The molecule has 0 bridgehead atoms. The van der Waals surface area contributed by atoms with E-state index in [4.69, 9.17) is 9.47 Å². The Morgan fingerprint density at radius 3 is 2.58 bits per heavy atom. The summed E-state index contributed by atoms with van der Waals surface area (Å²) in [5.74, 6) is 2.23. The van der Waals surface area contributed by atoms with E-state index < -0.39 is 0 Å². The summed E-state index contributed by atoms with van der Waals surface area (Å²) in [5, 5.41) is 12.9. The largest absolute Gasteiger partial charge is 0.493 e. The average molecular weight is 265 g/mol. The highest BCUT2D eigenvalue weighted by molar-refractivity contribution is 5.39. The van der Waals surface area contributed by atoms with Crippen molar-refractivity contribution in [1.29, 1.82) is 0 Å². The molecular formula is C15H23NO3. The molecule has 2 N–H and O–H groups in total. The minimum Gasteiger partial charge on any atom is -0.493 e. The SMILES string of the molecule is COc1ccccc1OCC(CO)C1CCNCC1. The van der Waals surface area contributed by atoms with Crippen molar-refractivity contribution in [2.24, 2.45) is 11.8 Å². The van der Waals surface area contributed by atoms with Gasteiger partial charge in [-0.25, -0.2) is 0 Å². The first kappa shape index (κ1) is 14.2. The summed E-state index contributed by atoms with van der Waals surface area (Å²) in [6.45, 7) is 2.80. The van der Waals surface area contributed by atoms with Gasteiger partial charge in [-0.05, 0) is 44.0 Å². The van der Waals surface area contributed by atoms with Crippen LogP contribution in [0.4, 0.5) is 0 Å². The fourth-order valence-electron chi connectivity index (χ4n) is 2.59. The molecule has 19 heavy (non-hydrogen) atoms. The Labute approximate surface area is 114 Å². The Hall–Kier alpha value is -1.26. The number of benzene rings is 1. The first-order chi connectivity index (χ1) is 9.35. The molecule has 1 atom stereocenters. The molecule has 0 aliphatic carbocycles. The quantitative estimate of drug-likeness (QED) is 0.821. The van der Waals surface area contributed by atoms with Crippen LogP contribution in [-0.4, -0.2) is 38.5 Å². The van der Waals surface area contributed by atoms with Crippen molar-refractivity contribution in [3.63, 3.8) is 0 Å². The van der Waals surface area contributed by atoms with Crippen molar-refractivity contribution < 1.29 is 14.6 Å². The smallest absolute Gasteiger partial charge is 0.161 e.